The summed E-state index contributed by atoms with van der Waals surface area (Å²) < 4.78 is 27.6. The van der Waals surface area contributed by atoms with Crippen LogP contribution in [0.2, 0.25) is 0 Å². The van der Waals surface area contributed by atoms with Crippen molar-refractivity contribution in [3.8, 4) is 0 Å². The smallest absolute Gasteiger partial charge is 0.335 e. The molecule has 5 nitrogen and oxygen atoms in total. The predicted molar refractivity (Wildman–Crippen MR) is 82.6 cm³/mol. The minimum atomic E-state index is -3.62. The van der Waals surface area contributed by atoms with E-state index >= 15 is 0 Å². The van der Waals surface area contributed by atoms with Gasteiger partial charge in [0.15, 0.2) is 0 Å². The summed E-state index contributed by atoms with van der Waals surface area (Å²) in [7, 11) is -3.62. The van der Waals surface area contributed by atoms with Gasteiger partial charge in [-0.1, -0.05) is 6.92 Å². The summed E-state index contributed by atoms with van der Waals surface area (Å²) in [5, 5.41) is 9.29. The fraction of sp³-hybridized carbons (Fsp3) is 0.562. The molecule has 1 fully saturated rings. The number of fused-ring (bicyclic) bond motifs is 1. The number of aromatic carboxylic acids is 1. The molecule has 0 aromatic heterocycles. The van der Waals surface area contributed by atoms with Gasteiger partial charge in [0.05, 0.1) is 10.5 Å². The maximum atomic E-state index is 13.0. The first kappa shape index (κ1) is 15.5. The van der Waals surface area contributed by atoms with E-state index in [9.17, 15) is 18.3 Å². The number of sulfonamides is 1. The number of hydrogen-bond donors (Lipinski definition) is 1. The maximum Gasteiger partial charge on any atom is 0.335 e. The lowest BCUT2D eigenvalue weighted by Crippen LogP contribution is -2.34. The third-order valence-corrected chi connectivity index (χ3v) is 6.62. The van der Waals surface area contributed by atoms with E-state index in [1.54, 1.807) is 6.07 Å². The highest BCUT2D eigenvalue weighted by atomic mass is 32.2. The molecule has 1 N–H and O–H groups in total. The van der Waals surface area contributed by atoms with E-state index in [0.29, 0.717) is 13.0 Å². The highest BCUT2D eigenvalue weighted by Crippen LogP contribution is 2.36. The van der Waals surface area contributed by atoms with E-state index in [1.807, 2.05) is 6.92 Å². The van der Waals surface area contributed by atoms with Crippen molar-refractivity contribution >= 4 is 16.0 Å². The Balaban J connectivity index is 2.15. The van der Waals surface area contributed by atoms with Crippen molar-refractivity contribution in [3.63, 3.8) is 0 Å². The molecule has 0 spiro atoms. The Morgan fingerprint density at radius 1 is 1.27 bits per heavy atom. The van der Waals surface area contributed by atoms with Gasteiger partial charge in [0.2, 0.25) is 10.0 Å². The standard InChI is InChI=1S/C16H21NO4S/c1-2-17(13-7-8-13)22(20,21)15-10-12(16(18)19)9-11-5-3-4-6-14(11)15/h9-10,13H,2-8H2,1H3,(H,18,19). The van der Waals surface area contributed by atoms with Gasteiger partial charge in [-0.25, -0.2) is 13.2 Å². The van der Waals surface area contributed by atoms with Crippen LogP contribution in [-0.4, -0.2) is 36.4 Å². The van der Waals surface area contributed by atoms with Crippen LogP contribution in [0.1, 0.15) is 54.1 Å². The monoisotopic (exact) mass is 323 g/mol. The predicted octanol–water partition coefficient (Wildman–Crippen LogP) is 2.44. The van der Waals surface area contributed by atoms with Crippen molar-refractivity contribution in [2.45, 2.75) is 56.4 Å². The Hall–Kier alpha value is -1.40. The third kappa shape index (κ3) is 2.65. The van der Waals surface area contributed by atoms with Crippen molar-refractivity contribution in [2.24, 2.45) is 0 Å². The van der Waals surface area contributed by atoms with Crippen LogP contribution in [-0.2, 0) is 22.9 Å². The zero-order valence-corrected chi connectivity index (χ0v) is 13.5. The lowest BCUT2D eigenvalue weighted by molar-refractivity contribution is 0.0696. The molecule has 2 aliphatic rings. The van der Waals surface area contributed by atoms with E-state index in [2.05, 4.69) is 0 Å². The Kier molecular flexibility index (Phi) is 3.99. The van der Waals surface area contributed by atoms with Crippen LogP contribution in [0, 0.1) is 0 Å². The lowest BCUT2D eigenvalue weighted by Gasteiger charge is -2.25. The summed E-state index contributed by atoms with van der Waals surface area (Å²) in [4.78, 5) is 11.6. The minimum absolute atomic E-state index is 0.0751. The normalized spacial score (nSPS) is 18.3. The van der Waals surface area contributed by atoms with Crippen LogP contribution in [0.25, 0.3) is 0 Å². The summed E-state index contributed by atoms with van der Waals surface area (Å²) in [6.07, 6.45) is 5.20. The molecular formula is C16H21NO4S. The lowest BCUT2D eigenvalue weighted by atomic mass is 9.90. The highest BCUT2D eigenvalue weighted by molar-refractivity contribution is 7.89. The SMILES string of the molecule is CCN(C1CC1)S(=O)(=O)c1cc(C(=O)O)cc2c1CCCC2. The molecular weight excluding hydrogens is 302 g/mol. The summed E-state index contributed by atoms with van der Waals surface area (Å²) in [6, 6.07) is 3.08. The summed E-state index contributed by atoms with van der Waals surface area (Å²) in [6.45, 7) is 2.27. The van der Waals surface area contributed by atoms with Crippen LogP contribution in [0.4, 0.5) is 0 Å². The van der Waals surface area contributed by atoms with Crippen molar-refractivity contribution in [2.75, 3.05) is 6.54 Å². The van der Waals surface area contributed by atoms with E-state index in [-0.39, 0.29) is 16.5 Å². The molecule has 120 valence electrons. The number of aryl methyl sites for hydroxylation is 1. The fourth-order valence-electron chi connectivity index (χ4n) is 3.29. The van der Waals surface area contributed by atoms with Gasteiger partial charge in [0, 0.05) is 12.6 Å². The topological polar surface area (TPSA) is 74.7 Å². The quantitative estimate of drug-likeness (QED) is 0.903. The molecule has 22 heavy (non-hydrogen) atoms. The average Bonchev–Trinajstić information content (AvgIpc) is 3.31. The van der Waals surface area contributed by atoms with Gasteiger partial charge in [-0.05, 0) is 61.8 Å². The molecule has 0 atom stereocenters. The summed E-state index contributed by atoms with van der Waals surface area (Å²) in [5.74, 6) is -1.07. The van der Waals surface area contributed by atoms with Crippen molar-refractivity contribution < 1.29 is 18.3 Å². The number of benzene rings is 1. The molecule has 0 heterocycles. The first-order chi connectivity index (χ1) is 10.4. The molecule has 1 aromatic carbocycles. The molecule has 0 radical (unpaired) electrons. The Bertz CT molecular complexity index is 707. The molecule has 0 amide bonds. The highest BCUT2D eigenvalue weighted by Gasteiger charge is 2.38. The van der Waals surface area contributed by atoms with Crippen LogP contribution in [0.3, 0.4) is 0 Å². The average molecular weight is 323 g/mol. The van der Waals surface area contributed by atoms with E-state index in [1.165, 1.54) is 10.4 Å². The molecule has 0 unspecified atom stereocenters. The molecule has 0 saturated heterocycles. The van der Waals surface area contributed by atoms with Gasteiger partial charge in [-0.15, -0.1) is 0 Å². The number of rotatable bonds is 5. The van der Waals surface area contributed by atoms with Crippen molar-refractivity contribution in [1.82, 2.24) is 4.31 Å². The number of carbonyl (C=O) groups is 1. The zero-order valence-electron chi connectivity index (χ0n) is 12.7. The van der Waals surface area contributed by atoms with Crippen LogP contribution in [0.5, 0.6) is 0 Å². The van der Waals surface area contributed by atoms with Crippen molar-refractivity contribution in [1.29, 1.82) is 0 Å². The summed E-state index contributed by atoms with van der Waals surface area (Å²) in [5.41, 5.74) is 1.79. The van der Waals surface area contributed by atoms with E-state index < -0.39 is 16.0 Å². The van der Waals surface area contributed by atoms with Gasteiger partial charge in [0.25, 0.3) is 0 Å². The van der Waals surface area contributed by atoms with Gasteiger partial charge in [-0.3, -0.25) is 0 Å². The Morgan fingerprint density at radius 2 is 1.95 bits per heavy atom. The van der Waals surface area contributed by atoms with Crippen LogP contribution >= 0.6 is 0 Å². The van der Waals surface area contributed by atoms with E-state index in [0.717, 1.165) is 43.2 Å². The first-order valence-corrected chi connectivity index (χ1v) is 9.30. The van der Waals surface area contributed by atoms with Gasteiger partial charge in [0.1, 0.15) is 0 Å². The largest absolute Gasteiger partial charge is 0.478 e. The second-order valence-electron chi connectivity index (χ2n) is 6.06. The third-order valence-electron chi connectivity index (χ3n) is 4.52. The number of carboxylic acid groups (broad SMARTS) is 1. The van der Waals surface area contributed by atoms with E-state index in [4.69, 9.17) is 0 Å². The maximum absolute atomic E-state index is 13.0. The molecule has 3 rings (SSSR count). The number of carboxylic acids is 1. The van der Waals surface area contributed by atoms with Gasteiger partial charge >= 0.3 is 5.97 Å². The Morgan fingerprint density at radius 3 is 2.55 bits per heavy atom. The molecule has 6 heteroatoms. The zero-order chi connectivity index (χ0) is 15.9. The van der Waals surface area contributed by atoms with Gasteiger partial charge in [-0.2, -0.15) is 4.31 Å². The van der Waals surface area contributed by atoms with Crippen molar-refractivity contribution in [3.05, 3.63) is 28.8 Å². The number of hydrogen-bond acceptors (Lipinski definition) is 3. The minimum Gasteiger partial charge on any atom is -0.478 e. The Labute approximate surface area is 131 Å². The molecule has 1 aromatic rings. The van der Waals surface area contributed by atoms with Crippen LogP contribution < -0.4 is 0 Å². The number of nitrogens with zero attached hydrogens (tertiary/aromatic N) is 1. The molecule has 0 bridgehead atoms. The molecule has 1 saturated carbocycles. The van der Waals surface area contributed by atoms with Crippen LogP contribution in [0.15, 0.2) is 17.0 Å². The summed E-state index contributed by atoms with van der Waals surface area (Å²) >= 11 is 0. The molecule has 0 aliphatic heterocycles. The van der Waals surface area contributed by atoms with Gasteiger partial charge < -0.3 is 5.11 Å². The molecule has 2 aliphatic carbocycles. The fourth-order valence-corrected chi connectivity index (χ4v) is 5.31. The first-order valence-electron chi connectivity index (χ1n) is 7.86. The second-order valence-corrected chi connectivity index (χ2v) is 7.92. The second kappa shape index (κ2) is 5.66.